The van der Waals surface area contributed by atoms with Crippen LogP contribution in [0, 0.1) is 11.3 Å². The van der Waals surface area contributed by atoms with Crippen molar-refractivity contribution in [3.63, 3.8) is 0 Å². The van der Waals surface area contributed by atoms with Crippen LogP contribution in [0.2, 0.25) is 0 Å². The van der Waals surface area contributed by atoms with E-state index in [9.17, 15) is 0 Å². The molecule has 18 heavy (non-hydrogen) atoms. The number of para-hydroxylation sites is 1. The summed E-state index contributed by atoms with van der Waals surface area (Å²) in [4.78, 5) is 0. The van der Waals surface area contributed by atoms with Gasteiger partial charge in [0.05, 0.1) is 7.11 Å². The predicted octanol–water partition coefficient (Wildman–Crippen LogP) is 2.41. The summed E-state index contributed by atoms with van der Waals surface area (Å²) in [6.07, 6.45) is 0. The molecule has 0 N–H and O–H groups in total. The molecule has 0 bridgehead atoms. The van der Waals surface area contributed by atoms with Gasteiger partial charge in [0.15, 0.2) is 5.69 Å². The quantitative estimate of drug-likeness (QED) is 0.829. The summed E-state index contributed by atoms with van der Waals surface area (Å²) in [5.74, 6) is 0.707. The topological polar surface area (TPSA) is 63.7 Å². The number of ether oxygens (including phenoxy) is 1. The fourth-order valence-electron chi connectivity index (χ4n) is 1.82. The van der Waals surface area contributed by atoms with Crippen molar-refractivity contribution in [3.8, 4) is 23.1 Å². The summed E-state index contributed by atoms with van der Waals surface area (Å²) in [6.45, 7) is 3.99. The second kappa shape index (κ2) is 4.88. The maximum atomic E-state index is 9.13. The first kappa shape index (κ1) is 12.1. The lowest BCUT2D eigenvalue weighted by molar-refractivity contribution is 0.415. The lowest BCUT2D eigenvalue weighted by atomic mass is 10.1. The lowest BCUT2D eigenvalue weighted by Gasteiger charge is -2.12. The lowest BCUT2D eigenvalue weighted by Crippen LogP contribution is -2.06. The fourth-order valence-corrected chi connectivity index (χ4v) is 1.82. The molecule has 1 aromatic carbocycles. The molecule has 1 aromatic heterocycles. The van der Waals surface area contributed by atoms with E-state index in [0.29, 0.717) is 17.1 Å². The SMILES string of the molecule is COc1ccccc1-c1c(C#N)nnn1C(C)C. The minimum absolute atomic E-state index is 0.125. The highest BCUT2D eigenvalue weighted by molar-refractivity contribution is 5.71. The molecule has 0 amide bonds. The minimum Gasteiger partial charge on any atom is -0.496 e. The van der Waals surface area contributed by atoms with Crippen LogP contribution in [0.4, 0.5) is 0 Å². The summed E-state index contributed by atoms with van der Waals surface area (Å²) in [5.41, 5.74) is 1.84. The Bertz CT molecular complexity index is 595. The van der Waals surface area contributed by atoms with Gasteiger partial charge in [-0.2, -0.15) is 5.26 Å². The van der Waals surface area contributed by atoms with Crippen molar-refractivity contribution in [2.45, 2.75) is 19.9 Å². The molecule has 0 atom stereocenters. The van der Waals surface area contributed by atoms with E-state index >= 15 is 0 Å². The minimum atomic E-state index is 0.125. The molecule has 0 aliphatic heterocycles. The zero-order valence-corrected chi connectivity index (χ0v) is 10.6. The van der Waals surface area contributed by atoms with E-state index in [0.717, 1.165) is 5.56 Å². The first-order valence-corrected chi connectivity index (χ1v) is 5.67. The molecule has 0 aliphatic rings. The highest BCUT2D eigenvalue weighted by Crippen LogP contribution is 2.32. The molecular weight excluding hydrogens is 228 g/mol. The standard InChI is InChI=1S/C13H14N4O/c1-9(2)17-13(11(8-14)15-16-17)10-6-4-5-7-12(10)18-3/h4-7,9H,1-3H3. The van der Waals surface area contributed by atoms with Crippen LogP contribution >= 0.6 is 0 Å². The molecule has 5 heteroatoms. The van der Waals surface area contributed by atoms with Gasteiger partial charge in [0.1, 0.15) is 17.5 Å². The van der Waals surface area contributed by atoms with E-state index < -0.39 is 0 Å². The summed E-state index contributed by atoms with van der Waals surface area (Å²) < 4.78 is 7.06. The van der Waals surface area contributed by atoms with Gasteiger partial charge in [-0.1, -0.05) is 17.3 Å². The summed E-state index contributed by atoms with van der Waals surface area (Å²) in [7, 11) is 1.61. The van der Waals surface area contributed by atoms with Gasteiger partial charge in [0.2, 0.25) is 0 Å². The van der Waals surface area contributed by atoms with Crippen LogP contribution in [-0.2, 0) is 0 Å². The number of hydrogen-bond acceptors (Lipinski definition) is 4. The zero-order chi connectivity index (χ0) is 13.1. The van der Waals surface area contributed by atoms with E-state index in [1.807, 2.05) is 38.1 Å². The molecule has 0 fully saturated rings. The van der Waals surface area contributed by atoms with Crippen LogP contribution in [0.25, 0.3) is 11.3 Å². The fraction of sp³-hybridized carbons (Fsp3) is 0.308. The van der Waals surface area contributed by atoms with Gasteiger partial charge in [-0.15, -0.1) is 5.10 Å². The normalized spacial score (nSPS) is 10.4. The number of rotatable bonds is 3. The van der Waals surface area contributed by atoms with Crippen LogP contribution in [0.15, 0.2) is 24.3 Å². The van der Waals surface area contributed by atoms with E-state index in [-0.39, 0.29) is 6.04 Å². The number of aromatic nitrogens is 3. The molecule has 0 spiro atoms. The second-order valence-corrected chi connectivity index (χ2v) is 4.14. The van der Waals surface area contributed by atoms with Crippen molar-refractivity contribution in [1.82, 2.24) is 15.0 Å². The van der Waals surface area contributed by atoms with Crippen molar-refractivity contribution in [2.75, 3.05) is 7.11 Å². The number of methoxy groups -OCH3 is 1. The molecule has 2 rings (SSSR count). The predicted molar refractivity (Wildman–Crippen MR) is 67.1 cm³/mol. The van der Waals surface area contributed by atoms with Crippen molar-refractivity contribution < 1.29 is 4.74 Å². The van der Waals surface area contributed by atoms with Gasteiger partial charge in [-0.25, -0.2) is 4.68 Å². The van der Waals surface area contributed by atoms with Crippen molar-refractivity contribution >= 4 is 0 Å². The first-order valence-electron chi connectivity index (χ1n) is 5.67. The highest BCUT2D eigenvalue weighted by atomic mass is 16.5. The first-order chi connectivity index (χ1) is 8.69. The van der Waals surface area contributed by atoms with Crippen molar-refractivity contribution in [2.24, 2.45) is 0 Å². The molecular formula is C13H14N4O. The van der Waals surface area contributed by atoms with Crippen molar-refractivity contribution in [1.29, 1.82) is 5.26 Å². The van der Waals surface area contributed by atoms with Crippen molar-refractivity contribution in [3.05, 3.63) is 30.0 Å². The maximum absolute atomic E-state index is 9.13. The number of nitrogens with zero attached hydrogens (tertiary/aromatic N) is 4. The summed E-state index contributed by atoms with van der Waals surface area (Å²) in [6, 6.07) is 9.74. The molecule has 0 radical (unpaired) electrons. The Morgan fingerprint density at radius 2 is 2.06 bits per heavy atom. The average molecular weight is 242 g/mol. The van der Waals surface area contributed by atoms with Gasteiger partial charge in [0.25, 0.3) is 0 Å². The summed E-state index contributed by atoms with van der Waals surface area (Å²) in [5, 5.41) is 17.1. The molecule has 0 saturated heterocycles. The second-order valence-electron chi connectivity index (χ2n) is 4.14. The third kappa shape index (κ3) is 1.93. The monoisotopic (exact) mass is 242 g/mol. The Morgan fingerprint density at radius 3 is 2.67 bits per heavy atom. The third-order valence-electron chi connectivity index (χ3n) is 2.65. The molecule has 0 unspecified atom stereocenters. The number of benzene rings is 1. The molecule has 2 aromatic rings. The van der Waals surface area contributed by atoms with E-state index in [1.165, 1.54) is 0 Å². The molecule has 1 heterocycles. The zero-order valence-electron chi connectivity index (χ0n) is 10.6. The van der Waals surface area contributed by atoms with E-state index in [1.54, 1.807) is 11.8 Å². The average Bonchev–Trinajstić information content (AvgIpc) is 2.82. The Hall–Kier alpha value is -2.35. The third-order valence-corrected chi connectivity index (χ3v) is 2.65. The van der Waals surface area contributed by atoms with Crippen LogP contribution in [-0.4, -0.2) is 22.1 Å². The maximum Gasteiger partial charge on any atom is 0.190 e. The van der Waals surface area contributed by atoms with Gasteiger partial charge in [-0.3, -0.25) is 0 Å². The van der Waals surface area contributed by atoms with Gasteiger partial charge in [-0.05, 0) is 26.0 Å². The molecule has 5 nitrogen and oxygen atoms in total. The summed E-state index contributed by atoms with van der Waals surface area (Å²) >= 11 is 0. The Labute approximate surface area is 106 Å². The van der Waals surface area contributed by atoms with E-state index in [2.05, 4.69) is 16.4 Å². The number of hydrogen-bond donors (Lipinski definition) is 0. The smallest absolute Gasteiger partial charge is 0.190 e. The molecule has 0 saturated carbocycles. The highest BCUT2D eigenvalue weighted by Gasteiger charge is 2.19. The number of nitriles is 1. The van der Waals surface area contributed by atoms with Gasteiger partial charge >= 0.3 is 0 Å². The van der Waals surface area contributed by atoms with Crippen LogP contribution in [0.1, 0.15) is 25.6 Å². The largest absolute Gasteiger partial charge is 0.496 e. The Morgan fingerprint density at radius 1 is 1.33 bits per heavy atom. The molecule has 0 aliphatic carbocycles. The van der Waals surface area contributed by atoms with Crippen LogP contribution in [0.3, 0.4) is 0 Å². The van der Waals surface area contributed by atoms with Crippen LogP contribution in [0.5, 0.6) is 5.75 Å². The molecule has 92 valence electrons. The van der Waals surface area contributed by atoms with Gasteiger partial charge in [0, 0.05) is 11.6 Å². The van der Waals surface area contributed by atoms with E-state index in [4.69, 9.17) is 10.00 Å². The van der Waals surface area contributed by atoms with Crippen LogP contribution < -0.4 is 4.74 Å². The Kier molecular flexibility index (Phi) is 3.28. The Balaban J connectivity index is 2.70. The van der Waals surface area contributed by atoms with Gasteiger partial charge < -0.3 is 4.74 Å².